The summed E-state index contributed by atoms with van der Waals surface area (Å²) in [5.74, 6) is 6.17. The molecule has 12 rings (SSSR count). The molecule has 8 aliphatic carbocycles. The summed E-state index contributed by atoms with van der Waals surface area (Å²) in [5.41, 5.74) is 8.23. The van der Waals surface area contributed by atoms with E-state index in [0.29, 0.717) is 10.3 Å². The Hall–Kier alpha value is -1.36. The van der Waals surface area contributed by atoms with Crippen LogP contribution >= 0.6 is 17.5 Å². The van der Waals surface area contributed by atoms with E-state index in [2.05, 4.69) is 108 Å². The van der Waals surface area contributed by atoms with Gasteiger partial charge in [0.15, 0.2) is 0 Å². The van der Waals surface area contributed by atoms with Gasteiger partial charge in [0.2, 0.25) is 6.67 Å². The Morgan fingerprint density at radius 2 is 1.12 bits per heavy atom. The van der Waals surface area contributed by atoms with Crippen LogP contribution < -0.4 is 15.1 Å². The minimum absolute atomic E-state index is 0.226. The number of hydrogen-bond acceptors (Lipinski definition) is 2. The summed E-state index contributed by atoms with van der Waals surface area (Å²) in [7, 11) is 4.26. The monoisotopic (exact) mass is 822 g/mol. The van der Waals surface area contributed by atoms with Gasteiger partial charge in [0.1, 0.15) is 0 Å². The number of anilines is 2. The molecule has 0 atom stereocenters. The fourth-order valence-electron chi connectivity index (χ4n) is 13.7. The van der Waals surface area contributed by atoms with Crippen molar-refractivity contribution in [3.63, 3.8) is 0 Å². The minimum atomic E-state index is -0.226. The summed E-state index contributed by atoms with van der Waals surface area (Å²) in [6.07, 6.45) is 22.5. The predicted octanol–water partition coefficient (Wildman–Crippen LogP) is 11.9. The molecular formula is C47H58ClN2PPd+. The van der Waals surface area contributed by atoms with E-state index in [4.69, 9.17) is 0 Å². The first-order valence-electron chi connectivity index (χ1n) is 20.2. The SMILES string of the molecule is Cc1cc(C)c(N2[C]N(c3ccccc3P(C34CC5CC(CC(C5)C3)C4)C34CC5CC(CC(C5)C3)C4)CC2)c(C)c1.[CH2][CH][CH]c1ccccc1.[Cl][Pd+]. The van der Waals surface area contributed by atoms with Crippen molar-refractivity contribution < 1.29 is 18.2 Å². The summed E-state index contributed by atoms with van der Waals surface area (Å²) in [6.45, 7) is 16.4. The Labute approximate surface area is 332 Å². The van der Waals surface area contributed by atoms with Crippen molar-refractivity contribution in [2.24, 2.45) is 35.5 Å². The summed E-state index contributed by atoms with van der Waals surface area (Å²) < 4.78 is 0. The van der Waals surface area contributed by atoms with Gasteiger partial charge in [0, 0.05) is 29.8 Å². The van der Waals surface area contributed by atoms with E-state index < -0.39 is 0 Å². The van der Waals surface area contributed by atoms with Crippen molar-refractivity contribution in [2.45, 2.75) is 108 Å². The molecule has 9 fully saturated rings. The topological polar surface area (TPSA) is 6.48 Å². The molecule has 8 saturated carbocycles. The maximum absolute atomic E-state index is 4.49. The van der Waals surface area contributed by atoms with Crippen LogP contribution in [0.2, 0.25) is 0 Å². The van der Waals surface area contributed by atoms with E-state index in [-0.39, 0.29) is 7.92 Å². The van der Waals surface area contributed by atoms with Crippen molar-refractivity contribution in [3.05, 3.63) is 115 Å². The first kappa shape index (κ1) is 37.6. The van der Waals surface area contributed by atoms with Crippen LogP contribution in [0.15, 0.2) is 66.7 Å². The van der Waals surface area contributed by atoms with Crippen molar-refractivity contribution in [1.82, 2.24) is 0 Å². The Morgan fingerprint density at radius 1 is 0.673 bits per heavy atom. The van der Waals surface area contributed by atoms with Gasteiger partial charge in [-0.25, -0.2) is 0 Å². The number of rotatable bonds is 7. The third-order valence-electron chi connectivity index (χ3n) is 14.2. The fourth-order valence-corrected chi connectivity index (χ4v) is 19.0. The van der Waals surface area contributed by atoms with Crippen molar-refractivity contribution in [2.75, 3.05) is 22.9 Å². The quantitative estimate of drug-likeness (QED) is 0.173. The molecule has 0 amide bonds. The molecule has 8 bridgehead atoms. The number of hydrogen-bond donors (Lipinski definition) is 0. The molecule has 3 aromatic rings. The summed E-state index contributed by atoms with van der Waals surface area (Å²) in [4.78, 5) is 5.00. The molecule has 2 nitrogen and oxygen atoms in total. The molecule has 5 radical (unpaired) electrons. The third-order valence-corrected chi connectivity index (χ3v) is 18.0. The van der Waals surface area contributed by atoms with E-state index in [1.165, 1.54) is 33.6 Å². The molecule has 5 heteroatoms. The Kier molecular flexibility index (Phi) is 11.3. The van der Waals surface area contributed by atoms with Crippen molar-refractivity contribution in [3.8, 4) is 0 Å². The van der Waals surface area contributed by atoms with Gasteiger partial charge in [0.25, 0.3) is 0 Å². The normalized spacial score (nSPS) is 34.1. The van der Waals surface area contributed by atoms with Gasteiger partial charge in [-0.3, -0.25) is 0 Å². The average Bonchev–Trinajstić information content (AvgIpc) is 3.58. The van der Waals surface area contributed by atoms with Crippen LogP contribution in [0.4, 0.5) is 11.4 Å². The zero-order chi connectivity index (χ0) is 36.0. The van der Waals surface area contributed by atoms with Crippen LogP contribution in [0.3, 0.4) is 0 Å². The molecule has 0 aromatic heterocycles. The summed E-state index contributed by atoms with van der Waals surface area (Å²) in [6, 6.07) is 24.7. The van der Waals surface area contributed by atoms with Gasteiger partial charge in [-0.1, -0.05) is 74.1 Å². The first-order chi connectivity index (χ1) is 25.3. The zero-order valence-corrected chi connectivity index (χ0v) is 34.8. The van der Waals surface area contributed by atoms with E-state index in [0.717, 1.165) is 48.6 Å². The third kappa shape index (κ3) is 7.22. The zero-order valence-electron chi connectivity index (χ0n) is 31.6. The number of halogens is 1. The van der Waals surface area contributed by atoms with E-state index in [1.807, 2.05) is 36.8 Å². The number of aryl methyl sites for hydroxylation is 3. The van der Waals surface area contributed by atoms with E-state index >= 15 is 0 Å². The molecule has 3 aromatic carbocycles. The van der Waals surface area contributed by atoms with Gasteiger partial charge in [0.05, 0.1) is 0 Å². The van der Waals surface area contributed by atoms with Crippen LogP contribution in [-0.2, 0) is 18.2 Å². The van der Waals surface area contributed by atoms with Crippen LogP contribution in [0, 0.1) is 82.7 Å². The van der Waals surface area contributed by atoms with Gasteiger partial charge >= 0.3 is 27.7 Å². The molecule has 1 aliphatic heterocycles. The fraction of sp³-hybridized carbons (Fsp3) is 0.532. The molecule has 0 spiro atoms. The number of benzene rings is 3. The molecule has 1 heterocycles. The molecular weight excluding hydrogens is 765 g/mol. The molecule has 9 aliphatic rings. The van der Waals surface area contributed by atoms with Crippen LogP contribution in [0.5, 0.6) is 0 Å². The standard InChI is InChI=1S/C38H49N2P.C9H9.ClH.Pd/c1-25-10-26(2)36(27(3)11-25)40-9-8-39(24-40)34-6-4-5-7-35(34)41(37-18-28-12-29(19-37)14-30(13-28)20-37)38-21-31-15-32(22-38)17-33(16-31)23-38;1-2-6-9-7-4-3-5-8-9;;/h4-7,10-11,28-33H,8-9,12-23H2,1-3H3;2-8H,1H2;1H;/q;;;+2/p-1. The average molecular weight is 824 g/mol. The summed E-state index contributed by atoms with van der Waals surface area (Å²) in [5, 5.41) is 3.00. The second kappa shape index (κ2) is 15.6. The van der Waals surface area contributed by atoms with Crippen LogP contribution in [-0.4, -0.2) is 23.4 Å². The second-order valence-corrected chi connectivity index (χ2v) is 21.1. The molecule has 1 saturated heterocycles. The number of para-hydroxylation sites is 1. The molecule has 0 unspecified atom stereocenters. The predicted molar refractivity (Wildman–Crippen MR) is 219 cm³/mol. The summed E-state index contributed by atoms with van der Waals surface area (Å²) >= 11 is 2.22. The van der Waals surface area contributed by atoms with Crippen LogP contribution in [0.25, 0.3) is 0 Å². The van der Waals surface area contributed by atoms with Crippen molar-refractivity contribution in [1.29, 1.82) is 0 Å². The number of nitrogens with zero attached hydrogens (tertiary/aromatic N) is 2. The maximum atomic E-state index is 4.49. The van der Waals surface area contributed by atoms with Gasteiger partial charge in [-0.15, -0.1) is 0 Å². The first-order valence-corrected chi connectivity index (χ1v) is 23.6. The Balaban J connectivity index is 0.000000307. The van der Waals surface area contributed by atoms with Gasteiger partial charge < -0.3 is 9.80 Å². The van der Waals surface area contributed by atoms with Gasteiger partial charge in [-0.05, 0) is 186 Å². The second-order valence-electron chi connectivity index (χ2n) is 18.1. The van der Waals surface area contributed by atoms with E-state index in [9.17, 15) is 0 Å². The van der Waals surface area contributed by atoms with Crippen LogP contribution in [0.1, 0.15) is 99.3 Å². The van der Waals surface area contributed by atoms with E-state index in [1.54, 1.807) is 88.8 Å². The van der Waals surface area contributed by atoms with Gasteiger partial charge in [-0.2, -0.15) is 0 Å². The van der Waals surface area contributed by atoms with Crippen molar-refractivity contribution >= 4 is 34.1 Å². The Morgan fingerprint density at radius 3 is 1.60 bits per heavy atom. The Bertz CT molecular complexity index is 1550. The molecule has 52 heavy (non-hydrogen) atoms. The molecule has 0 N–H and O–H groups in total. The molecule has 277 valence electrons.